The fourth-order valence-corrected chi connectivity index (χ4v) is 4.95. The van der Waals surface area contributed by atoms with Gasteiger partial charge in [0.1, 0.15) is 16.5 Å². The molecule has 4 rings (SSSR count). The molecule has 2 atom stereocenters. The molecule has 3 heterocycles. The molecule has 31 heavy (non-hydrogen) atoms. The van der Waals surface area contributed by atoms with Crippen molar-refractivity contribution in [2.24, 2.45) is 0 Å². The van der Waals surface area contributed by atoms with E-state index in [1.54, 1.807) is 25.1 Å². The molecule has 3 aromatic rings. The molecular formula is C23H27FN4O2S. The van der Waals surface area contributed by atoms with Gasteiger partial charge in [-0.15, -0.1) is 11.3 Å². The van der Waals surface area contributed by atoms with Gasteiger partial charge in [0.15, 0.2) is 0 Å². The molecule has 1 fully saturated rings. The average Bonchev–Trinajstić information content (AvgIpc) is 3.41. The lowest BCUT2D eigenvalue weighted by atomic mass is 9.98. The Labute approximate surface area is 184 Å². The number of hydrogen-bond acceptors (Lipinski definition) is 5. The van der Waals surface area contributed by atoms with E-state index in [9.17, 15) is 14.3 Å². The summed E-state index contributed by atoms with van der Waals surface area (Å²) in [6.45, 7) is 4.43. The molecule has 4 N–H and O–H groups in total. The summed E-state index contributed by atoms with van der Waals surface area (Å²) in [4.78, 5) is 21.6. The van der Waals surface area contributed by atoms with Crippen molar-refractivity contribution < 1.29 is 14.3 Å². The number of aliphatic hydroxyl groups excluding tert-OH is 1. The van der Waals surface area contributed by atoms with Crippen molar-refractivity contribution in [3.63, 3.8) is 0 Å². The van der Waals surface area contributed by atoms with E-state index < -0.39 is 0 Å². The Bertz CT molecular complexity index is 1070. The molecule has 164 valence electrons. The molecule has 0 aliphatic carbocycles. The van der Waals surface area contributed by atoms with Crippen molar-refractivity contribution >= 4 is 17.2 Å². The molecule has 0 unspecified atom stereocenters. The number of nitrogens with one attached hydrogen (secondary N) is 3. The van der Waals surface area contributed by atoms with Crippen LogP contribution in [0, 0.1) is 19.7 Å². The number of aryl methyl sites for hydroxylation is 2. The summed E-state index contributed by atoms with van der Waals surface area (Å²) >= 11 is 1.44. The summed E-state index contributed by atoms with van der Waals surface area (Å²) in [5.41, 5.74) is 3.16. The number of halogens is 1. The number of rotatable bonds is 6. The number of hydrogen-bond donors (Lipinski definition) is 4. The number of aromatic nitrogens is 2. The predicted molar refractivity (Wildman–Crippen MR) is 120 cm³/mol. The third-order valence-electron chi connectivity index (χ3n) is 5.77. The minimum Gasteiger partial charge on any atom is -0.391 e. The molecule has 6 nitrogen and oxygen atoms in total. The van der Waals surface area contributed by atoms with Crippen LogP contribution in [0.25, 0.3) is 11.3 Å². The van der Waals surface area contributed by atoms with Crippen LogP contribution in [0.2, 0.25) is 0 Å². The molecule has 1 amide bonds. The number of piperidine rings is 1. The third kappa shape index (κ3) is 4.71. The van der Waals surface area contributed by atoms with Crippen LogP contribution in [0.1, 0.15) is 56.9 Å². The maximum absolute atomic E-state index is 13.9. The highest BCUT2D eigenvalue weighted by molar-refractivity contribution is 7.11. The van der Waals surface area contributed by atoms with Crippen molar-refractivity contribution in [3.8, 4) is 11.3 Å². The Morgan fingerprint density at radius 1 is 1.32 bits per heavy atom. The van der Waals surface area contributed by atoms with Crippen molar-refractivity contribution in [1.82, 2.24) is 20.6 Å². The Hall–Kier alpha value is -2.55. The van der Waals surface area contributed by atoms with Crippen LogP contribution in [-0.4, -0.2) is 33.6 Å². The fourth-order valence-electron chi connectivity index (χ4n) is 3.90. The Morgan fingerprint density at radius 3 is 2.84 bits per heavy atom. The maximum Gasteiger partial charge on any atom is 0.268 e. The lowest BCUT2D eigenvalue weighted by Crippen LogP contribution is -2.46. The number of aromatic amines is 1. The number of benzene rings is 1. The molecule has 0 bridgehead atoms. The van der Waals surface area contributed by atoms with Crippen molar-refractivity contribution in [1.29, 1.82) is 0 Å². The largest absolute Gasteiger partial charge is 0.391 e. The van der Waals surface area contributed by atoms with E-state index in [0.717, 1.165) is 41.4 Å². The van der Waals surface area contributed by atoms with Crippen LogP contribution in [-0.2, 0) is 6.61 Å². The first-order valence-corrected chi connectivity index (χ1v) is 11.3. The van der Waals surface area contributed by atoms with Crippen molar-refractivity contribution in [3.05, 3.63) is 63.0 Å². The van der Waals surface area contributed by atoms with Gasteiger partial charge in [-0.3, -0.25) is 4.79 Å². The SMILES string of the molecule is Cc1ccc(-c2ccc(C(=O)N[C@@H](c3nc(C)c(CO)s3)[C@@H]3CCCCN3)[nH]2)cc1F. The van der Waals surface area contributed by atoms with Gasteiger partial charge in [0.25, 0.3) is 5.91 Å². The second-order valence-corrected chi connectivity index (χ2v) is 9.09. The van der Waals surface area contributed by atoms with Crippen molar-refractivity contribution in [2.75, 3.05) is 6.54 Å². The highest BCUT2D eigenvalue weighted by atomic mass is 32.1. The van der Waals surface area contributed by atoms with Crippen LogP contribution < -0.4 is 10.6 Å². The molecule has 1 saturated heterocycles. The van der Waals surface area contributed by atoms with E-state index in [1.807, 2.05) is 13.0 Å². The molecule has 0 saturated carbocycles. The fraction of sp³-hybridized carbons (Fsp3) is 0.391. The minimum atomic E-state index is -0.291. The van der Waals surface area contributed by atoms with Gasteiger partial charge in [-0.05, 0) is 57.0 Å². The first-order valence-electron chi connectivity index (χ1n) is 10.5. The Balaban J connectivity index is 1.57. The minimum absolute atomic E-state index is 0.0602. The normalized spacial score (nSPS) is 17.5. The number of H-pyrrole nitrogens is 1. The summed E-state index contributed by atoms with van der Waals surface area (Å²) in [6.07, 6.45) is 3.15. The molecule has 0 radical (unpaired) electrons. The molecule has 1 aromatic carbocycles. The van der Waals surface area contributed by atoms with Gasteiger partial charge in [-0.1, -0.05) is 18.6 Å². The van der Waals surface area contributed by atoms with E-state index >= 15 is 0 Å². The number of aliphatic hydroxyl groups is 1. The smallest absolute Gasteiger partial charge is 0.268 e. The first-order chi connectivity index (χ1) is 15.0. The summed E-state index contributed by atoms with van der Waals surface area (Å²) in [7, 11) is 0. The standard InChI is InChI=1S/C23H27FN4O2S/c1-13-6-7-15(11-16(13)24)17-8-9-19(27-17)22(30)28-21(18-5-3-4-10-25-18)23-26-14(2)20(12-29)31-23/h6-9,11,18,21,25,27,29H,3-5,10,12H2,1-2H3,(H,28,30)/t18-,21+/m0/s1. The highest BCUT2D eigenvalue weighted by Crippen LogP contribution is 2.29. The second-order valence-electron chi connectivity index (χ2n) is 7.98. The molecule has 1 aliphatic rings. The second kappa shape index (κ2) is 9.30. The van der Waals surface area contributed by atoms with Crippen LogP contribution in [0.5, 0.6) is 0 Å². The highest BCUT2D eigenvalue weighted by Gasteiger charge is 2.30. The molecule has 1 aliphatic heterocycles. The third-order valence-corrected chi connectivity index (χ3v) is 6.99. The maximum atomic E-state index is 13.9. The quantitative estimate of drug-likeness (QED) is 0.465. The lowest BCUT2D eigenvalue weighted by molar-refractivity contribution is 0.0918. The van der Waals surface area contributed by atoms with E-state index in [2.05, 4.69) is 20.6 Å². The van der Waals surface area contributed by atoms with Crippen LogP contribution in [0.15, 0.2) is 30.3 Å². The Morgan fingerprint density at radius 2 is 2.16 bits per heavy atom. The zero-order chi connectivity index (χ0) is 22.0. The number of amides is 1. The van der Waals surface area contributed by atoms with E-state index in [-0.39, 0.29) is 30.4 Å². The number of carbonyl (C=O) groups excluding carboxylic acids is 1. The van der Waals surface area contributed by atoms with Crippen LogP contribution >= 0.6 is 11.3 Å². The zero-order valence-electron chi connectivity index (χ0n) is 17.7. The first kappa shape index (κ1) is 21.7. The summed E-state index contributed by atoms with van der Waals surface area (Å²) in [5.74, 6) is -0.519. The number of carbonyl (C=O) groups is 1. The molecular weight excluding hydrogens is 415 g/mol. The van der Waals surface area contributed by atoms with Gasteiger partial charge in [-0.25, -0.2) is 9.37 Å². The van der Waals surface area contributed by atoms with Gasteiger partial charge in [0.05, 0.1) is 23.2 Å². The predicted octanol–water partition coefficient (Wildman–Crippen LogP) is 4.00. The van der Waals surface area contributed by atoms with E-state index in [0.29, 0.717) is 22.5 Å². The van der Waals surface area contributed by atoms with E-state index in [4.69, 9.17) is 0 Å². The monoisotopic (exact) mass is 442 g/mol. The van der Waals surface area contributed by atoms with Crippen molar-refractivity contribution in [2.45, 2.75) is 51.8 Å². The average molecular weight is 443 g/mol. The Kier molecular flexibility index (Phi) is 6.50. The molecule has 0 spiro atoms. The summed E-state index contributed by atoms with van der Waals surface area (Å²) in [5, 5.41) is 17.0. The van der Waals surface area contributed by atoms with Gasteiger partial charge in [0.2, 0.25) is 0 Å². The van der Waals surface area contributed by atoms with Gasteiger partial charge in [-0.2, -0.15) is 0 Å². The van der Waals surface area contributed by atoms with Crippen LogP contribution in [0.3, 0.4) is 0 Å². The van der Waals surface area contributed by atoms with Crippen LogP contribution in [0.4, 0.5) is 4.39 Å². The topological polar surface area (TPSA) is 90.0 Å². The zero-order valence-corrected chi connectivity index (χ0v) is 18.5. The lowest BCUT2D eigenvalue weighted by Gasteiger charge is -2.30. The molecule has 2 aromatic heterocycles. The number of nitrogens with zero attached hydrogens (tertiary/aromatic N) is 1. The van der Waals surface area contributed by atoms with E-state index in [1.165, 1.54) is 17.4 Å². The van der Waals surface area contributed by atoms with Gasteiger partial charge in [0, 0.05) is 17.3 Å². The summed E-state index contributed by atoms with van der Waals surface area (Å²) in [6, 6.07) is 8.29. The van der Waals surface area contributed by atoms with Gasteiger partial charge < -0.3 is 20.7 Å². The van der Waals surface area contributed by atoms with Gasteiger partial charge >= 0.3 is 0 Å². The number of thiazole rings is 1. The molecule has 8 heteroatoms. The summed E-state index contributed by atoms with van der Waals surface area (Å²) < 4.78 is 13.9.